The van der Waals surface area contributed by atoms with Gasteiger partial charge in [-0.05, 0) is 59.0 Å². The van der Waals surface area contributed by atoms with E-state index in [9.17, 15) is 0 Å². The van der Waals surface area contributed by atoms with Crippen molar-refractivity contribution in [2.45, 2.75) is 0 Å². The summed E-state index contributed by atoms with van der Waals surface area (Å²) < 4.78 is 1.18. The molecule has 0 spiro atoms. The number of halogens is 3. The molecule has 0 bridgehead atoms. The van der Waals surface area contributed by atoms with Crippen molar-refractivity contribution in [3.8, 4) is 0 Å². The fourth-order valence-corrected chi connectivity index (χ4v) is 2.10. The van der Waals surface area contributed by atoms with Gasteiger partial charge in [0, 0.05) is 9.13 Å². The molecule has 0 atom stereocenters. The number of hydrogen-bond acceptors (Lipinski definition) is 3. The zero-order chi connectivity index (χ0) is 13.0. The summed E-state index contributed by atoms with van der Waals surface area (Å²) in [5.41, 5.74) is 4.62. The second-order valence-corrected chi connectivity index (χ2v) is 5.44. The Kier molecular flexibility index (Phi) is 4.79. The van der Waals surface area contributed by atoms with E-state index in [-0.39, 0.29) is 0 Å². The van der Waals surface area contributed by atoms with Gasteiger partial charge < -0.3 is 0 Å². The molecule has 3 nitrogen and oxygen atoms in total. The summed E-state index contributed by atoms with van der Waals surface area (Å²) in [5, 5.41) is 4.79. The van der Waals surface area contributed by atoms with Crippen molar-refractivity contribution >= 4 is 57.7 Å². The number of hydrazone groups is 1. The van der Waals surface area contributed by atoms with E-state index in [2.05, 4.69) is 38.1 Å². The third kappa shape index (κ3) is 4.12. The predicted octanol–water partition coefficient (Wildman–Crippen LogP) is 4.44. The van der Waals surface area contributed by atoms with Crippen molar-refractivity contribution in [3.63, 3.8) is 0 Å². The fraction of sp³-hybridized carbons (Fsp3) is 0. The molecule has 0 unspecified atom stereocenters. The van der Waals surface area contributed by atoms with E-state index < -0.39 is 0 Å². The molecule has 2 aromatic rings. The van der Waals surface area contributed by atoms with Gasteiger partial charge in [0.2, 0.25) is 0 Å². The highest BCUT2D eigenvalue weighted by Crippen LogP contribution is 2.14. The highest BCUT2D eigenvalue weighted by Gasteiger charge is 1.96. The lowest BCUT2D eigenvalue weighted by Gasteiger charge is -2.00. The molecule has 0 aliphatic rings. The number of nitrogens with zero attached hydrogens (tertiary/aromatic N) is 2. The maximum Gasteiger partial charge on any atom is 0.131 e. The van der Waals surface area contributed by atoms with Crippen molar-refractivity contribution in [2.24, 2.45) is 5.10 Å². The Bertz CT molecular complexity index is 550. The summed E-state index contributed by atoms with van der Waals surface area (Å²) in [6, 6.07) is 11.3. The van der Waals surface area contributed by atoms with Crippen LogP contribution in [0.25, 0.3) is 0 Å². The maximum absolute atomic E-state index is 5.79. The normalized spacial score (nSPS) is 10.8. The Hall–Kier alpha value is -0.850. The summed E-state index contributed by atoms with van der Waals surface area (Å²) >= 11 is 13.8. The summed E-state index contributed by atoms with van der Waals surface area (Å²) in [6.07, 6.45) is 1.64. The molecule has 1 N–H and O–H groups in total. The highest BCUT2D eigenvalue weighted by molar-refractivity contribution is 14.1. The smallest absolute Gasteiger partial charge is 0.131 e. The number of pyridine rings is 1. The van der Waals surface area contributed by atoms with E-state index in [1.807, 2.05) is 24.3 Å². The van der Waals surface area contributed by atoms with Gasteiger partial charge in [-0.15, -0.1) is 0 Å². The molecular formula is C12H8Cl2IN3. The Morgan fingerprint density at radius 3 is 2.33 bits per heavy atom. The Morgan fingerprint density at radius 2 is 1.72 bits per heavy atom. The van der Waals surface area contributed by atoms with Crippen LogP contribution >= 0.6 is 45.8 Å². The van der Waals surface area contributed by atoms with Gasteiger partial charge >= 0.3 is 0 Å². The van der Waals surface area contributed by atoms with Gasteiger partial charge in [0.1, 0.15) is 10.3 Å². The number of benzene rings is 1. The molecular weight excluding hydrogens is 384 g/mol. The lowest BCUT2D eigenvalue weighted by molar-refractivity contribution is 1.31. The van der Waals surface area contributed by atoms with Crippen LogP contribution in [0.4, 0.5) is 5.69 Å². The first-order valence-electron chi connectivity index (χ1n) is 5.01. The molecule has 0 amide bonds. The summed E-state index contributed by atoms with van der Waals surface area (Å²) in [4.78, 5) is 3.86. The first kappa shape index (κ1) is 13.6. The first-order valence-corrected chi connectivity index (χ1v) is 6.85. The molecule has 1 heterocycles. The van der Waals surface area contributed by atoms with Crippen molar-refractivity contribution in [1.82, 2.24) is 4.98 Å². The SMILES string of the molecule is Clc1cc(/C=N/Nc2ccc(I)cc2)cc(Cl)n1. The lowest BCUT2D eigenvalue weighted by atomic mass is 10.3. The molecule has 92 valence electrons. The van der Waals surface area contributed by atoms with Crippen LogP contribution in [0, 0.1) is 3.57 Å². The van der Waals surface area contributed by atoms with E-state index in [0.29, 0.717) is 10.3 Å². The summed E-state index contributed by atoms with van der Waals surface area (Å²) in [7, 11) is 0. The summed E-state index contributed by atoms with van der Waals surface area (Å²) in [5.74, 6) is 0. The van der Waals surface area contributed by atoms with Crippen LogP contribution < -0.4 is 5.43 Å². The van der Waals surface area contributed by atoms with E-state index in [0.717, 1.165) is 11.3 Å². The highest BCUT2D eigenvalue weighted by atomic mass is 127. The van der Waals surface area contributed by atoms with Crippen molar-refractivity contribution in [3.05, 3.63) is 55.8 Å². The van der Waals surface area contributed by atoms with Crippen LogP contribution in [0.1, 0.15) is 5.56 Å². The minimum absolute atomic E-state index is 0.346. The van der Waals surface area contributed by atoms with Crippen LogP contribution in [0.15, 0.2) is 41.5 Å². The van der Waals surface area contributed by atoms with Crippen LogP contribution in [-0.4, -0.2) is 11.2 Å². The van der Waals surface area contributed by atoms with Crippen molar-refractivity contribution in [2.75, 3.05) is 5.43 Å². The van der Waals surface area contributed by atoms with Gasteiger partial charge in [-0.3, -0.25) is 5.43 Å². The van der Waals surface area contributed by atoms with Gasteiger partial charge in [-0.2, -0.15) is 5.10 Å². The minimum Gasteiger partial charge on any atom is -0.279 e. The van der Waals surface area contributed by atoms with Crippen molar-refractivity contribution < 1.29 is 0 Å². The number of rotatable bonds is 3. The predicted molar refractivity (Wildman–Crippen MR) is 84.6 cm³/mol. The molecule has 0 aliphatic heterocycles. The Labute approximate surface area is 128 Å². The summed E-state index contributed by atoms with van der Waals surface area (Å²) in [6.45, 7) is 0. The van der Waals surface area contributed by atoms with Crippen molar-refractivity contribution in [1.29, 1.82) is 0 Å². The second-order valence-electron chi connectivity index (χ2n) is 3.42. The molecule has 1 aromatic heterocycles. The monoisotopic (exact) mass is 391 g/mol. The molecule has 0 radical (unpaired) electrons. The fourth-order valence-electron chi connectivity index (χ4n) is 1.26. The average Bonchev–Trinajstić information content (AvgIpc) is 2.30. The molecule has 0 saturated heterocycles. The van der Waals surface area contributed by atoms with E-state index in [4.69, 9.17) is 23.2 Å². The zero-order valence-electron chi connectivity index (χ0n) is 9.07. The Balaban J connectivity index is 2.05. The third-order valence-corrected chi connectivity index (χ3v) is 3.14. The van der Waals surface area contributed by atoms with Gasteiger partial charge in [0.15, 0.2) is 0 Å². The number of nitrogens with one attached hydrogen (secondary N) is 1. The van der Waals surface area contributed by atoms with E-state index in [1.165, 1.54) is 3.57 Å². The molecule has 0 saturated carbocycles. The van der Waals surface area contributed by atoms with Crippen LogP contribution in [0.2, 0.25) is 10.3 Å². The first-order chi connectivity index (χ1) is 8.63. The number of hydrogen-bond donors (Lipinski definition) is 1. The Morgan fingerprint density at radius 1 is 1.11 bits per heavy atom. The van der Waals surface area contributed by atoms with Crippen LogP contribution in [-0.2, 0) is 0 Å². The lowest BCUT2D eigenvalue weighted by Crippen LogP contribution is -1.91. The van der Waals surface area contributed by atoms with Crippen LogP contribution in [0.3, 0.4) is 0 Å². The van der Waals surface area contributed by atoms with Crippen LogP contribution in [0.5, 0.6) is 0 Å². The molecule has 0 aliphatic carbocycles. The number of anilines is 1. The zero-order valence-corrected chi connectivity index (χ0v) is 12.7. The largest absolute Gasteiger partial charge is 0.279 e. The van der Waals surface area contributed by atoms with Gasteiger partial charge in [0.05, 0.1) is 11.9 Å². The molecule has 2 rings (SSSR count). The molecule has 0 fully saturated rings. The van der Waals surface area contributed by atoms with Gasteiger partial charge in [0.25, 0.3) is 0 Å². The number of aromatic nitrogens is 1. The van der Waals surface area contributed by atoms with Gasteiger partial charge in [-0.25, -0.2) is 4.98 Å². The minimum atomic E-state index is 0.346. The quantitative estimate of drug-likeness (QED) is 0.363. The van der Waals surface area contributed by atoms with E-state index >= 15 is 0 Å². The molecule has 6 heteroatoms. The van der Waals surface area contributed by atoms with Gasteiger partial charge in [-0.1, -0.05) is 23.2 Å². The average molecular weight is 392 g/mol. The topological polar surface area (TPSA) is 37.3 Å². The molecule has 1 aromatic carbocycles. The third-order valence-electron chi connectivity index (χ3n) is 2.04. The second kappa shape index (κ2) is 6.36. The maximum atomic E-state index is 5.79. The van der Waals surface area contributed by atoms with E-state index in [1.54, 1.807) is 18.3 Å². The molecule has 18 heavy (non-hydrogen) atoms. The standard InChI is InChI=1S/C12H8Cl2IN3/c13-11-5-8(6-12(14)17-11)7-16-18-10-3-1-9(15)2-4-10/h1-7,18H/b16-7+.